The van der Waals surface area contributed by atoms with Crippen LogP contribution >= 0.6 is 11.3 Å². The van der Waals surface area contributed by atoms with E-state index in [0.717, 1.165) is 6.20 Å². The molecule has 0 radical (unpaired) electrons. The maximum atomic E-state index is 13.5. The van der Waals surface area contributed by atoms with Crippen LogP contribution in [0.15, 0.2) is 29.9 Å². The summed E-state index contributed by atoms with van der Waals surface area (Å²) in [6, 6.07) is 2.87. The van der Waals surface area contributed by atoms with Gasteiger partial charge in [0.15, 0.2) is 5.69 Å². The minimum Gasteiger partial charge on any atom is -0.444 e. The Balaban J connectivity index is 0.00000167. The molecule has 0 aliphatic carbocycles. The molecule has 0 aromatic carbocycles. The fraction of sp³-hybridized carbons (Fsp3) is 0.458. The van der Waals surface area contributed by atoms with E-state index >= 15 is 0 Å². The van der Waals surface area contributed by atoms with Crippen molar-refractivity contribution in [3.63, 3.8) is 0 Å². The molecule has 4 heterocycles. The summed E-state index contributed by atoms with van der Waals surface area (Å²) in [5.41, 5.74) is 0.907. The standard InChI is InChI=1S/C22H25FN6O3S.C2H6/c1-13(14-9-15(23)11-24-10-14)25-20-26-16-5-8-33-18(16)17(27-20)19(30)28-6-7-29(12-28)21(31)32-22(2,3)4;1-2/h5,8-11,13H,6-7,12H2,1-4H3,(H,25,26,27);1-2H3/t13-;/m0./s1. The monoisotopic (exact) mass is 502 g/mol. The minimum atomic E-state index is -0.612. The van der Waals surface area contributed by atoms with E-state index in [1.165, 1.54) is 22.3 Å². The number of carbonyl (C=O) groups is 2. The molecule has 3 aromatic rings. The number of rotatable bonds is 4. The van der Waals surface area contributed by atoms with E-state index in [1.807, 2.05) is 32.2 Å². The van der Waals surface area contributed by atoms with Gasteiger partial charge < -0.3 is 15.0 Å². The van der Waals surface area contributed by atoms with Crippen molar-refractivity contribution in [1.29, 1.82) is 0 Å². The molecule has 4 rings (SSSR count). The first-order chi connectivity index (χ1) is 16.6. The van der Waals surface area contributed by atoms with Crippen LogP contribution in [0, 0.1) is 5.82 Å². The molecule has 0 bridgehead atoms. The van der Waals surface area contributed by atoms with Gasteiger partial charge in [-0.05, 0) is 50.8 Å². The summed E-state index contributed by atoms with van der Waals surface area (Å²) in [7, 11) is 0. The van der Waals surface area contributed by atoms with Gasteiger partial charge in [-0.25, -0.2) is 19.2 Å². The number of hydrogen-bond donors (Lipinski definition) is 1. The zero-order chi connectivity index (χ0) is 25.8. The summed E-state index contributed by atoms with van der Waals surface area (Å²) < 4.78 is 19.6. The van der Waals surface area contributed by atoms with Crippen molar-refractivity contribution in [3.8, 4) is 0 Å². The molecule has 3 aromatic heterocycles. The molecule has 0 spiro atoms. The largest absolute Gasteiger partial charge is 0.444 e. The Kier molecular flexibility index (Phi) is 8.21. The zero-order valence-corrected chi connectivity index (χ0v) is 21.6. The van der Waals surface area contributed by atoms with Crippen molar-refractivity contribution in [2.24, 2.45) is 0 Å². The lowest BCUT2D eigenvalue weighted by atomic mass is 10.1. The lowest BCUT2D eigenvalue weighted by molar-refractivity contribution is 0.0265. The number of pyridine rings is 1. The van der Waals surface area contributed by atoms with Gasteiger partial charge in [0.25, 0.3) is 5.91 Å². The number of anilines is 1. The summed E-state index contributed by atoms with van der Waals surface area (Å²) >= 11 is 1.38. The van der Waals surface area contributed by atoms with Crippen LogP contribution in [0.4, 0.5) is 15.1 Å². The molecular weight excluding hydrogens is 471 g/mol. The number of aromatic nitrogens is 3. The number of fused-ring (bicyclic) bond motifs is 1. The Bertz CT molecular complexity index is 1200. The predicted molar refractivity (Wildman–Crippen MR) is 134 cm³/mol. The minimum absolute atomic E-state index is 0.124. The van der Waals surface area contributed by atoms with Gasteiger partial charge in [-0.1, -0.05) is 13.8 Å². The number of amides is 2. The molecule has 9 nitrogen and oxygen atoms in total. The molecule has 1 saturated heterocycles. The summed E-state index contributed by atoms with van der Waals surface area (Å²) in [5.74, 6) is -0.474. The Morgan fingerprint density at radius 1 is 1.17 bits per heavy atom. The Hall–Kier alpha value is -3.34. The molecule has 1 atom stereocenters. The summed E-state index contributed by atoms with van der Waals surface area (Å²) in [6.45, 7) is 12.1. The van der Waals surface area contributed by atoms with Crippen molar-refractivity contribution < 1.29 is 18.7 Å². The molecule has 1 aliphatic rings. The third-order valence-corrected chi connectivity index (χ3v) is 5.91. The lowest BCUT2D eigenvalue weighted by Gasteiger charge is -2.24. The molecule has 0 saturated carbocycles. The first-order valence-corrected chi connectivity index (χ1v) is 12.4. The number of carbonyl (C=O) groups excluding carboxylic acids is 2. The number of ether oxygens (including phenoxy) is 1. The molecule has 2 amide bonds. The van der Waals surface area contributed by atoms with E-state index < -0.39 is 17.5 Å². The van der Waals surface area contributed by atoms with E-state index in [1.54, 1.807) is 31.9 Å². The summed E-state index contributed by atoms with van der Waals surface area (Å²) in [6.07, 6.45) is 2.24. The van der Waals surface area contributed by atoms with Gasteiger partial charge in [0.2, 0.25) is 5.95 Å². The second-order valence-corrected chi connectivity index (χ2v) is 9.70. The second-order valence-electron chi connectivity index (χ2n) is 8.79. The van der Waals surface area contributed by atoms with Crippen LogP contribution in [0.5, 0.6) is 0 Å². The number of nitrogens with zero attached hydrogens (tertiary/aromatic N) is 5. The van der Waals surface area contributed by atoms with Crippen molar-refractivity contribution in [3.05, 3.63) is 47.0 Å². The maximum Gasteiger partial charge on any atom is 0.411 e. The van der Waals surface area contributed by atoms with E-state index in [4.69, 9.17) is 4.74 Å². The first-order valence-electron chi connectivity index (χ1n) is 11.5. The summed E-state index contributed by atoms with van der Waals surface area (Å²) in [4.78, 5) is 41.6. The molecule has 1 aliphatic heterocycles. The van der Waals surface area contributed by atoms with Crippen LogP contribution < -0.4 is 5.32 Å². The van der Waals surface area contributed by atoms with E-state index in [-0.39, 0.29) is 30.3 Å². The van der Waals surface area contributed by atoms with Crippen LogP contribution in [0.1, 0.15) is 63.6 Å². The highest BCUT2D eigenvalue weighted by Gasteiger charge is 2.32. The van der Waals surface area contributed by atoms with Gasteiger partial charge >= 0.3 is 6.09 Å². The van der Waals surface area contributed by atoms with Gasteiger partial charge in [0.1, 0.15) is 11.4 Å². The van der Waals surface area contributed by atoms with Crippen molar-refractivity contribution >= 4 is 39.5 Å². The highest BCUT2D eigenvalue weighted by molar-refractivity contribution is 7.17. The fourth-order valence-electron chi connectivity index (χ4n) is 3.40. The van der Waals surface area contributed by atoms with E-state index in [2.05, 4.69) is 20.3 Å². The van der Waals surface area contributed by atoms with Crippen LogP contribution in [-0.4, -0.2) is 62.1 Å². The van der Waals surface area contributed by atoms with Crippen LogP contribution in [-0.2, 0) is 4.74 Å². The highest BCUT2D eigenvalue weighted by atomic mass is 32.1. The number of hydrogen-bond acceptors (Lipinski definition) is 8. The normalized spacial score (nSPS) is 14.4. The first kappa shape index (κ1) is 26.3. The molecule has 1 N–H and O–H groups in total. The predicted octanol–water partition coefficient (Wildman–Crippen LogP) is 5.08. The van der Waals surface area contributed by atoms with Gasteiger partial charge in [-0.2, -0.15) is 0 Å². The smallest absolute Gasteiger partial charge is 0.411 e. The second kappa shape index (κ2) is 10.9. The molecule has 35 heavy (non-hydrogen) atoms. The molecule has 0 unspecified atom stereocenters. The average Bonchev–Trinajstić information content (AvgIpc) is 3.48. The molecule has 1 fully saturated rings. The van der Waals surface area contributed by atoms with Gasteiger partial charge in [-0.15, -0.1) is 11.3 Å². The number of nitrogens with one attached hydrogen (secondary N) is 1. The van der Waals surface area contributed by atoms with Gasteiger partial charge in [0, 0.05) is 19.3 Å². The van der Waals surface area contributed by atoms with Crippen molar-refractivity contribution in [2.75, 3.05) is 25.1 Å². The molecular formula is C24H31FN6O3S. The highest BCUT2D eigenvalue weighted by Crippen LogP contribution is 2.27. The molecule has 11 heteroatoms. The summed E-state index contributed by atoms with van der Waals surface area (Å²) in [5, 5.41) is 4.97. The Morgan fingerprint density at radius 3 is 2.57 bits per heavy atom. The maximum absolute atomic E-state index is 13.5. The third-order valence-electron chi connectivity index (χ3n) is 5.00. The Morgan fingerprint density at radius 2 is 1.89 bits per heavy atom. The van der Waals surface area contributed by atoms with E-state index in [9.17, 15) is 14.0 Å². The van der Waals surface area contributed by atoms with Gasteiger partial charge in [0.05, 0.1) is 29.1 Å². The van der Waals surface area contributed by atoms with Gasteiger partial charge in [-0.3, -0.25) is 14.7 Å². The quantitative estimate of drug-likeness (QED) is 0.531. The van der Waals surface area contributed by atoms with Crippen LogP contribution in [0.2, 0.25) is 0 Å². The van der Waals surface area contributed by atoms with E-state index in [0.29, 0.717) is 28.9 Å². The topological polar surface area (TPSA) is 101 Å². The molecule has 188 valence electrons. The fourth-order valence-corrected chi connectivity index (χ4v) is 4.21. The Labute approximate surface area is 208 Å². The number of halogens is 1. The average molecular weight is 503 g/mol. The van der Waals surface area contributed by atoms with Crippen LogP contribution in [0.25, 0.3) is 10.2 Å². The van der Waals surface area contributed by atoms with Crippen LogP contribution in [0.3, 0.4) is 0 Å². The number of thiophene rings is 1. The zero-order valence-electron chi connectivity index (χ0n) is 20.8. The van der Waals surface area contributed by atoms with Crippen molar-refractivity contribution in [1.82, 2.24) is 24.8 Å². The SMILES string of the molecule is CC.C[C@H](Nc1nc(C(=O)N2CCN(C(=O)OC(C)(C)C)C2)c2sccc2n1)c1cncc(F)c1. The van der Waals surface area contributed by atoms with Crippen molar-refractivity contribution in [2.45, 2.75) is 53.2 Å². The lowest BCUT2D eigenvalue weighted by Crippen LogP contribution is -2.37. The third kappa shape index (κ3) is 6.41.